The topological polar surface area (TPSA) is 71.2 Å². The predicted molar refractivity (Wildman–Crippen MR) is 82.2 cm³/mol. The molecule has 0 saturated carbocycles. The van der Waals surface area contributed by atoms with E-state index in [0.29, 0.717) is 12.2 Å². The van der Waals surface area contributed by atoms with Crippen LogP contribution in [0.5, 0.6) is 0 Å². The zero-order valence-electron chi connectivity index (χ0n) is 12.3. The Bertz CT molecular complexity index is 627. The maximum atomic E-state index is 11.5. The summed E-state index contributed by atoms with van der Waals surface area (Å²) in [4.78, 5) is 17.9. The number of nitrogens with zero attached hydrogens (tertiary/aromatic N) is 2. The molecule has 110 valence electrons. The number of hydrogen-bond donors (Lipinski definition) is 2. The van der Waals surface area contributed by atoms with Crippen molar-refractivity contribution in [1.29, 1.82) is 0 Å². The number of hydrogen-bond acceptors (Lipinski definition) is 4. The number of nitrogen functional groups attached to an aromatic ring is 1. The average Bonchev–Trinajstić information content (AvgIpc) is 2.46. The van der Waals surface area contributed by atoms with Gasteiger partial charge in [-0.3, -0.25) is 15.1 Å². The highest BCUT2D eigenvalue weighted by Gasteiger charge is 2.08. The van der Waals surface area contributed by atoms with Gasteiger partial charge in [-0.2, -0.15) is 0 Å². The van der Waals surface area contributed by atoms with E-state index in [1.165, 1.54) is 11.1 Å². The third kappa shape index (κ3) is 4.37. The lowest BCUT2D eigenvalue weighted by molar-refractivity contribution is 0.0948. The van der Waals surface area contributed by atoms with Crippen LogP contribution < -0.4 is 11.3 Å². The summed E-state index contributed by atoms with van der Waals surface area (Å²) in [5, 5.41) is 0. The van der Waals surface area contributed by atoms with Crippen LogP contribution in [0.4, 0.5) is 0 Å². The highest BCUT2D eigenvalue weighted by Crippen LogP contribution is 2.09. The van der Waals surface area contributed by atoms with Gasteiger partial charge in [0.25, 0.3) is 5.91 Å². The normalized spacial score (nSPS) is 10.7. The van der Waals surface area contributed by atoms with E-state index in [1.54, 1.807) is 6.07 Å². The number of carbonyl (C=O) groups excluding carboxylic acids is 1. The molecule has 2 rings (SSSR count). The molecular formula is C16H20N4O. The molecule has 0 bridgehead atoms. The van der Waals surface area contributed by atoms with Crippen LogP contribution in [-0.4, -0.2) is 22.8 Å². The molecule has 5 heteroatoms. The van der Waals surface area contributed by atoms with Crippen molar-refractivity contribution in [3.8, 4) is 0 Å². The number of benzene rings is 1. The largest absolute Gasteiger partial charge is 0.296 e. The minimum absolute atomic E-state index is 0.332. The first-order valence-corrected chi connectivity index (χ1v) is 6.79. The zero-order chi connectivity index (χ0) is 15.2. The summed E-state index contributed by atoms with van der Waals surface area (Å²) in [7, 11) is 2.03. The summed E-state index contributed by atoms with van der Waals surface area (Å²) in [6.07, 6.45) is 0. The number of carbonyl (C=O) groups is 1. The predicted octanol–water partition coefficient (Wildman–Crippen LogP) is 1.63. The lowest BCUT2D eigenvalue weighted by Crippen LogP contribution is -2.31. The van der Waals surface area contributed by atoms with Crippen LogP contribution in [0.15, 0.2) is 42.5 Å². The molecule has 1 heterocycles. The number of nitrogens with one attached hydrogen (secondary N) is 1. The van der Waals surface area contributed by atoms with Crippen LogP contribution >= 0.6 is 0 Å². The van der Waals surface area contributed by atoms with Gasteiger partial charge in [-0.1, -0.05) is 35.9 Å². The molecular weight excluding hydrogens is 264 g/mol. The monoisotopic (exact) mass is 284 g/mol. The van der Waals surface area contributed by atoms with Crippen LogP contribution in [0, 0.1) is 6.92 Å². The van der Waals surface area contributed by atoms with Crippen molar-refractivity contribution in [3.63, 3.8) is 0 Å². The Hall–Kier alpha value is -2.24. The first kappa shape index (κ1) is 15.2. The second kappa shape index (κ2) is 6.97. The van der Waals surface area contributed by atoms with Gasteiger partial charge in [-0.25, -0.2) is 10.8 Å². The van der Waals surface area contributed by atoms with E-state index in [2.05, 4.69) is 46.5 Å². The number of aryl methyl sites for hydroxylation is 1. The second-order valence-corrected chi connectivity index (χ2v) is 5.15. The molecule has 1 aromatic heterocycles. The number of amides is 1. The zero-order valence-corrected chi connectivity index (χ0v) is 12.3. The summed E-state index contributed by atoms with van der Waals surface area (Å²) in [6.45, 7) is 3.58. The molecule has 0 unspecified atom stereocenters. The van der Waals surface area contributed by atoms with Gasteiger partial charge in [-0.15, -0.1) is 0 Å². The maximum absolute atomic E-state index is 11.5. The fourth-order valence-corrected chi connectivity index (χ4v) is 2.22. The average molecular weight is 284 g/mol. The quantitative estimate of drug-likeness (QED) is 0.497. The van der Waals surface area contributed by atoms with Crippen molar-refractivity contribution >= 4 is 5.91 Å². The van der Waals surface area contributed by atoms with Crippen LogP contribution in [0.3, 0.4) is 0 Å². The maximum Gasteiger partial charge on any atom is 0.283 e. The van der Waals surface area contributed by atoms with E-state index in [-0.39, 0.29) is 5.91 Å². The fourth-order valence-electron chi connectivity index (χ4n) is 2.22. The fraction of sp³-hybridized carbons (Fsp3) is 0.250. The van der Waals surface area contributed by atoms with Gasteiger partial charge < -0.3 is 0 Å². The minimum Gasteiger partial charge on any atom is -0.296 e. The molecule has 1 aromatic carbocycles. The van der Waals surface area contributed by atoms with E-state index in [0.717, 1.165) is 12.2 Å². The molecule has 0 saturated heterocycles. The number of aromatic nitrogens is 1. The molecule has 0 fully saturated rings. The summed E-state index contributed by atoms with van der Waals surface area (Å²) >= 11 is 0. The third-order valence-electron chi connectivity index (χ3n) is 3.14. The first-order valence-electron chi connectivity index (χ1n) is 6.79. The van der Waals surface area contributed by atoms with Crippen molar-refractivity contribution in [2.75, 3.05) is 7.05 Å². The number of nitrogens with two attached hydrogens (primary N) is 1. The van der Waals surface area contributed by atoms with Crippen LogP contribution in [-0.2, 0) is 13.1 Å². The molecule has 3 N–H and O–H groups in total. The third-order valence-corrected chi connectivity index (χ3v) is 3.14. The van der Waals surface area contributed by atoms with Gasteiger partial charge in [0.15, 0.2) is 0 Å². The Balaban J connectivity index is 2.02. The van der Waals surface area contributed by atoms with Gasteiger partial charge in [0.2, 0.25) is 0 Å². The highest BCUT2D eigenvalue weighted by atomic mass is 16.2. The number of pyridine rings is 1. The summed E-state index contributed by atoms with van der Waals surface area (Å²) < 4.78 is 0. The van der Waals surface area contributed by atoms with E-state index in [1.807, 2.05) is 19.2 Å². The van der Waals surface area contributed by atoms with Gasteiger partial charge in [0, 0.05) is 13.1 Å². The van der Waals surface area contributed by atoms with Crippen molar-refractivity contribution in [3.05, 3.63) is 65.0 Å². The minimum atomic E-state index is -0.377. The molecule has 0 aliphatic carbocycles. The first-order chi connectivity index (χ1) is 10.1. The van der Waals surface area contributed by atoms with E-state index < -0.39 is 0 Å². The van der Waals surface area contributed by atoms with Crippen molar-refractivity contribution in [1.82, 2.24) is 15.3 Å². The lowest BCUT2D eigenvalue weighted by Gasteiger charge is -2.17. The molecule has 5 nitrogen and oxygen atoms in total. The van der Waals surface area contributed by atoms with Gasteiger partial charge in [0.05, 0.1) is 5.69 Å². The van der Waals surface area contributed by atoms with Crippen LogP contribution in [0.25, 0.3) is 0 Å². The Kier molecular flexibility index (Phi) is 5.03. The van der Waals surface area contributed by atoms with Crippen molar-refractivity contribution < 1.29 is 4.79 Å². The molecule has 0 spiro atoms. The number of rotatable bonds is 5. The Morgan fingerprint density at radius 3 is 2.71 bits per heavy atom. The molecule has 0 aliphatic heterocycles. The smallest absolute Gasteiger partial charge is 0.283 e. The summed E-state index contributed by atoms with van der Waals surface area (Å²) in [6, 6.07) is 13.8. The van der Waals surface area contributed by atoms with Gasteiger partial charge >= 0.3 is 0 Å². The Labute approximate surface area is 124 Å². The molecule has 1 amide bonds. The van der Waals surface area contributed by atoms with Gasteiger partial charge in [-0.05, 0) is 31.7 Å². The Morgan fingerprint density at radius 1 is 1.24 bits per heavy atom. The summed E-state index contributed by atoms with van der Waals surface area (Å²) in [5.41, 5.74) is 5.77. The molecule has 0 aliphatic rings. The van der Waals surface area contributed by atoms with Crippen LogP contribution in [0.1, 0.15) is 27.3 Å². The van der Waals surface area contributed by atoms with Crippen molar-refractivity contribution in [2.45, 2.75) is 20.0 Å². The molecule has 0 radical (unpaired) electrons. The lowest BCUT2D eigenvalue weighted by atomic mass is 10.1. The number of hydrazine groups is 1. The van der Waals surface area contributed by atoms with E-state index >= 15 is 0 Å². The molecule has 21 heavy (non-hydrogen) atoms. The van der Waals surface area contributed by atoms with Gasteiger partial charge in [0.1, 0.15) is 5.69 Å². The van der Waals surface area contributed by atoms with E-state index in [9.17, 15) is 4.79 Å². The SMILES string of the molecule is Cc1cccc(CN(C)Cc2cccc(C(=O)NN)n2)c1. The second-order valence-electron chi connectivity index (χ2n) is 5.15. The molecule has 2 aromatic rings. The van der Waals surface area contributed by atoms with Crippen molar-refractivity contribution in [2.24, 2.45) is 5.84 Å². The van der Waals surface area contributed by atoms with E-state index in [4.69, 9.17) is 5.84 Å². The Morgan fingerprint density at radius 2 is 2.00 bits per heavy atom. The highest BCUT2D eigenvalue weighted by molar-refractivity contribution is 5.91. The van der Waals surface area contributed by atoms with Crippen LogP contribution in [0.2, 0.25) is 0 Å². The standard InChI is InChI=1S/C16H20N4O/c1-12-5-3-6-13(9-12)10-20(2)11-14-7-4-8-15(18-14)16(21)19-17/h3-9H,10-11,17H2,1-2H3,(H,19,21). The molecule has 0 atom stereocenters. The summed E-state index contributed by atoms with van der Waals surface area (Å²) in [5.74, 6) is 4.75.